The van der Waals surface area contributed by atoms with Crippen molar-refractivity contribution in [3.8, 4) is 0 Å². The maximum absolute atomic E-state index is 11.5. The summed E-state index contributed by atoms with van der Waals surface area (Å²) in [6.07, 6.45) is 4.11. The smallest absolute Gasteiger partial charge is 0.156 e. The van der Waals surface area contributed by atoms with E-state index in [4.69, 9.17) is 0 Å². The molecule has 0 aliphatic rings. The maximum atomic E-state index is 11.5. The van der Waals surface area contributed by atoms with Crippen molar-refractivity contribution in [2.75, 3.05) is 20.6 Å². The van der Waals surface area contributed by atoms with E-state index in [0.717, 1.165) is 12.1 Å². The number of nitrogens with zero attached hydrogens (tertiary/aromatic N) is 1. The molecule has 0 saturated carbocycles. The average molecular weight is 217 g/mol. The molecule has 0 unspecified atom stereocenters. The maximum Gasteiger partial charge on any atom is 0.156 e. The molecule has 0 N–H and O–H groups in total. The van der Waals surface area contributed by atoms with E-state index >= 15 is 0 Å². The highest BCUT2D eigenvalue weighted by Gasteiger charge is 1.97. The van der Waals surface area contributed by atoms with Gasteiger partial charge < -0.3 is 4.90 Å². The molecule has 16 heavy (non-hydrogen) atoms. The number of benzene rings is 1. The molecule has 0 heterocycles. The average Bonchev–Trinajstić information content (AvgIpc) is 2.25. The first-order chi connectivity index (χ1) is 7.58. The third-order valence-corrected chi connectivity index (χ3v) is 2.34. The molecule has 0 amide bonds. The number of rotatable bonds is 5. The highest BCUT2D eigenvalue weighted by atomic mass is 16.1. The summed E-state index contributed by atoms with van der Waals surface area (Å²) in [4.78, 5) is 13.5. The van der Waals surface area contributed by atoms with E-state index in [1.165, 1.54) is 5.56 Å². The van der Waals surface area contributed by atoms with Gasteiger partial charge in [0.25, 0.3) is 0 Å². The molecule has 0 radical (unpaired) electrons. The predicted molar refractivity (Wildman–Crippen MR) is 68.4 cm³/mol. The molecule has 1 aromatic rings. The van der Waals surface area contributed by atoms with E-state index in [1.54, 1.807) is 6.08 Å². The SMILES string of the molecule is Cc1ccc(/C=C/C(=O)CCN(C)C)cc1. The van der Waals surface area contributed by atoms with Gasteiger partial charge in [-0.25, -0.2) is 0 Å². The van der Waals surface area contributed by atoms with Crippen molar-refractivity contribution in [3.63, 3.8) is 0 Å². The van der Waals surface area contributed by atoms with Gasteiger partial charge in [-0.05, 0) is 32.7 Å². The Morgan fingerprint density at radius 1 is 1.25 bits per heavy atom. The number of ketones is 1. The fourth-order valence-corrected chi connectivity index (χ4v) is 1.28. The third kappa shape index (κ3) is 4.89. The molecule has 0 bridgehead atoms. The van der Waals surface area contributed by atoms with Crippen LogP contribution in [-0.4, -0.2) is 31.3 Å². The van der Waals surface area contributed by atoms with Gasteiger partial charge in [-0.3, -0.25) is 4.79 Å². The topological polar surface area (TPSA) is 20.3 Å². The van der Waals surface area contributed by atoms with E-state index in [0.29, 0.717) is 6.42 Å². The van der Waals surface area contributed by atoms with Crippen LogP contribution in [-0.2, 0) is 4.79 Å². The van der Waals surface area contributed by atoms with Crippen molar-refractivity contribution in [2.24, 2.45) is 0 Å². The summed E-state index contributed by atoms with van der Waals surface area (Å²) in [7, 11) is 3.94. The lowest BCUT2D eigenvalue weighted by Gasteiger charge is -2.06. The number of allylic oxidation sites excluding steroid dienone is 1. The first-order valence-corrected chi connectivity index (χ1v) is 5.50. The van der Waals surface area contributed by atoms with Crippen LogP contribution in [0, 0.1) is 6.92 Å². The quantitative estimate of drug-likeness (QED) is 0.706. The highest BCUT2D eigenvalue weighted by molar-refractivity contribution is 5.93. The molecule has 0 aromatic heterocycles. The molecule has 0 spiro atoms. The monoisotopic (exact) mass is 217 g/mol. The Labute approximate surface area is 97.6 Å². The van der Waals surface area contributed by atoms with Crippen molar-refractivity contribution < 1.29 is 4.79 Å². The second-order valence-electron chi connectivity index (χ2n) is 4.26. The van der Waals surface area contributed by atoms with Gasteiger partial charge in [0.15, 0.2) is 5.78 Å². The van der Waals surface area contributed by atoms with Gasteiger partial charge in [0.05, 0.1) is 0 Å². The van der Waals surface area contributed by atoms with Crippen LogP contribution < -0.4 is 0 Å². The van der Waals surface area contributed by atoms with Crippen LogP contribution in [0.5, 0.6) is 0 Å². The Hall–Kier alpha value is -1.41. The molecule has 0 aliphatic carbocycles. The summed E-state index contributed by atoms with van der Waals surface area (Å²) in [6.45, 7) is 2.85. The standard InChI is InChI=1S/C14H19NO/c1-12-4-6-13(7-5-12)8-9-14(16)10-11-15(2)3/h4-9H,10-11H2,1-3H3/b9-8+. The van der Waals surface area contributed by atoms with Crippen molar-refractivity contribution >= 4 is 11.9 Å². The zero-order chi connectivity index (χ0) is 12.0. The largest absolute Gasteiger partial charge is 0.309 e. The first kappa shape index (κ1) is 12.7. The summed E-state index contributed by atoms with van der Waals surface area (Å²) >= 11 is 0. The first-order valence-electron chi connectivity index (χ1n) is 5.50. The second-order valence-corrected chi connectivity index (χ2v) is 4.26. The van der Waals surface area contributed by atoms with Crippen LogP contribution in [0.1, 0.15) is 17.5 Å². The van der Waals surface area contributed by atoms with Gasteiger partial charge >= 0.3 is 0 Å². The molecule has 2 nitrogen and oxygen atoms in total. The lowest BCUT2D eigenvalue weighted by atomic mass is 10.1. The van der Waals surface area contributed by atoms with Crippen molar-refractivity contribution in [1.29, 1.82) is 0 Å². The molecule has 1 rings (SSSR count). The zero-order valence-corrected chi connectivity index (χ0v) is 10.2. The lowest BCUT2D eigenvalue weighted by molar-refractivity contribution is -0.114. The summed E-state index contributed by atoms with van der Waals surface area (Å²) in [5.74, 6) is 0.175. The summed E-state index contributed by atoms with van der Waals surface area (Å²) in [5, 5.41) is 0. The summed E-state index contributed by atoms with van der Waals surface area (Å²) in [5.41, 5.74) is 2.31. The minimum atomic E-state index is 0.175. The van der Waals surface area contributed by atoms with Crippen molar-refractivity contribution in [1.82, 2.24) is 4.90 Å². The molecule has 1 aromatic carbocycles. The van der Waals surface area contributed by atoms with Crippen molar-refractivity contribution in [2.45, 2.75) is 13.3 Å². The van der Waals surface area contributed by atoms with Crippen LogP contribution in [0.15, 0.2) is 30.3 Å². The van der Waals surface area contributed by atoms with Gasteiger partial charge in [0, 0.05) is 13.0 Å². The summed E-state index contributed by atoms with van der Waals surface area (Å²) < 4.78 is 0. The fraction of sp³-hybridized carbons (Fsp3) is 0.357. The number of aryl methyl sites for hydroxylation is 1. The molecule has 2 heteroatoms. The molecule has 0 saturated heterocycles. The van der Waals surface area contributed by atoms with Gasteiger partial charge in [-0.2, -0.15) is 0 Å². The van der Waals surface area contributed by atoms with Crippen LogP contribution in [0.3, 0.4) is 0 Å². The Morgan fingerprint density at radius 3 is 2.44 bits per heavy atom. The molecule has 0 aliphatic heterocycles. The zero-order valence-electron chi connectivity index (χ0n) is 10.2. The number of carbonyl (C=O) groups excluding carboxylic acids is 1. The Kier molecular flexibility index (Phi) is 4.93. The Morgan fingerprint density at radius 2 is 1.88 bits per heavy atom. The van der Waals surface area contributed by atoms with Gasteiger partial charge in [0.2, 0.25) is 0 Å². The third-order valence-electron chi connectivity index (χ3n) is 2.34. The van der Waals surface area contributed by atoms with E-state index in [-0.39, 0.29) is 5.78 Å². The van der Waals surface area contributed by atoms with Gasteiger partial charge in [-0.15, -0.1) is 0 Å². The Balaban J connectivity index is 2.47. The van der Waals surface area contributed by atoms with Crippen LogP contribution in [0.4, 0.5) is 0 Å². The minimum absolute atomic E-state index is 0.175. The second kappa shape index (κ2) is 6.23. The van der Waals surface area contributed by atoms with E-state index < -0.39 is 0 Å². The highest BCUT2D eigenvalue weighted by Crippen LogP contribution is 2.05. The van der Waals surface area contributed by atoms with Crippen molar-refractivity contribution in [3.05, 3.63) is 41.5 Å². The van der Waals surface area contributed by atoms with Crippen LogP contribution >= 0.6 is 0 Å². The molecular weight excluding hydrogens is 198 g/mol. The number of hydrogen-bond acceptors (Lipinski definition) is 2. The normalized spacial score (nSPS) is 11.2. The van der Waals surface area contributed by atoms with Crippen LogP contribution in [0.25, 0.3) is 6.08 Å². The number of hydrogen-bond donors (Lipinski definition) is 0. The predicted octanol–water partition coefficient (Wildman–Crippen LogP) is 2.53. The molecule has 0 atom stereocenters. The molecule has 0 fully saturated rings. The minimum Gasteiger partial charge on any atom is -0.309 e. The van der Waals surface area contributed by atoms with E-state index in [9.17, 15) is 4.79 Å². The molecule has 86 valence electrons. The van der Waals surface area contributed by atoms with E-state index in [1.807, 2.05) is 49.3 Å². The van der Waals surface area contributed by atoms with Gasteiger partial charge in [0.1, 0.15) is 0 Å². The van der Waals surface area contributed by atoms with E-state index in [2.05, 4.69) is 6.92 Å². The van der Waals surface area contributed by atoms with Gasteiger partial charge in [-0.1, -0.05) is 35.9 Å². The molecular formula is C14H19NO. The fourth-order valence-electron chi connectivity index (χ4n) is 1.28. The summed E-state index contributed by atoms with van der Waals surface area (Å²) in [6, 6.07) is 8.13. The Bertz CT molecular complexity index is 363. The number of carbonyl (C=O) groups is 1. The van der Waals surface area contributed by atoms with Crippen LogP contribution in [0.2, 0.25) is 0 Å². The lowest BCUT2D eigenvalue weighted by Crippen LogP contribution is -2.15.